The maximum atomic E-state index is 12.8. The normalized spacial score (nSPS) is 14.7. The van der Waals surface area contributed by atoms with Crippen LogP contribution in [0.25, 0.3) is 5.69 Å². The Labute approximate surface area is 190 Å². The van der Waals surface area contributed by atoms with Crippen molar-refractivity contribution in [3.05, 3.63) is 46.3 Å². The first-order valence-electron chi connectivity index (χ1n) is 10.6. The number of likely N-dealkylation sites (N-methyl/N-ethyl adjacent to an activating group) is 1. The van der Waals surface area contributed by atoms with Crippen molar-refractivity contribution in [1.29, 1.82) is 5.26 Å². The van der Waals surface area contributed by atoms with Crippen molar-refractivity contribution in [1.82, 2.24) is 14.7 Å². The molecule has 11 nitrogen and oxygen atoms in total. The number of non-ortho nitro benzene ring substituents is 1. The molecule has 0 atom stereocenters. The van der Waals surface area contributed by atoms with E-state index in [1.807, 2.05) is 0 Å². The van der Waals surface area contributed by atoms with Gasteiger partial charge in [-0.25, -0.2) is 9.48 Å². The number of esters is 1. The topological polar surface area (TPSA) is 141 Å². The molecule has 1 aliphatic rings. The van der Waals surface area contributed by atoms with Crippen LogP contribution in [0.3, 0.4) is 0 Å². The number of carbonyl (C=O) groups is 2. The Hall–Kier alpha value is -3.94. The van der Waals surface area contributed by atoms with Crippen molar-refractivity contribution in [3.8, 4) is 17.5 Å². The molecule has 2 aromatic rings. The molecule has 0 N–H and O–H groups in total. The fourth-order valence-electron chi connectivity index (χ4n) is 3.80. The third kappa shape index (κ3) is 5.11. The maximum Gasteiger partial charge on any atom is 0.362 e. The van der Waals surface area contributed by atoms with Crippen molar-refractivity contribution >= 4 is 17.6 Å². The number of amides is 1. The highest BCUT2D eigenvalue weighted by atomic mass is 16.6. The highest BCUT2D eigenvalue weighted by Gasteiger charge is 2.39. The van der Waals surface area contributed by atoms with Crippen molar-refractivity contribution in [2.75, 3.05) is 20.3 Å². The van der Waals surface area contributed by atoms with E-state index in [0.29, 0.717) is 18.5 Å². The summed E-state index contributed by atoms with van der Waals surface area (Å²) in [5.74, 6) is -1.09. The zero-order valence-electron chi connectivity index (χ0n) is 18.5. The summed E-state index contributed by atoms with van der Waals surface area (Å²) >= 11 is 0. The van der Waals surface area contributed by atoms with Crippen molar-refractivity contribution in [2.24, 2.45) is 0 Å². The van der Waals surface area contributed by atoms with Gasteiger partial charge in [0.05, 0.1) is 29.5 Å². The van der Waals surface area contributed by atoms with Gasteiger partial charge in [-0.15, -0.1) is 0 Å². The monoisotopic (exact) mass is 455 g/mol. The van der Waals surface area contributed by atoms with Gasteiger partial charge in [-0.1, -0.05) is 19.3 Å². The van der Waals surface area contributed by atoms with Gasteiger partial charge in [0.1, 0.15) is 5.54 Å². The molecule has 0 spiro atoms. The molecule has 33 heavy (non-hydrogen) atoms. The van der Waals surface area contributed by atoms with E-state index in [1.54, 1.807) is 14.0 Å². The molecule has 0 saturated heterocycles. The number of benzene rings is 1. The lowest BCUT2D eigenvalue weighted by molar-refractivity contribution is -0.384. The second-order valence-electron chi connectivity index (χ2n) is 7.73. The number of nitro benzene ring substituents is 1. The molecule has 0 unspecified atom stereocenters. The number of hydrogen-bond acceptors (Lipinski definition) is 8. The van der Waals surface area contributed by atoms with Crippen LogP contribution in [0.15, 0.2) is 30.5 Å². The SMILES string of the molecule is CCOC(=O)c1nn(-c2ccc([N+](=O)[O-])cc2)cc1OCC(=O)N(C)C1(C#N)CCCCC1. The Morgan fingerprint density at radius 2 is 1.94 bits per heavy atom. The number of nitrogens with zero attached hydrogens (tertiary/aromatic N) is 5. The first-order valence-corrected chi connectivity index (χ1v) is 10.6. The number of hydrogen-bond donors (Lipinski definition) is 0. The summed E-state index contributed by atoms with van der Waals surface area (Å²) in [4.78, 5) is 37.0. The second kappa shape index (κ2) is 10.1. The van der Waals surface area contributed by atoms with Crippen molar-refractivity contribution in [2.45, 2.75) is 44.6 Å². The smallest absolute Gasteiger partial charge is 0.362 e. The standard InChI is InChI=1S/C22H25N5O6/c1-3-32-21(29)20-18(13-26(24-20)16-7-9-17(10-8-16)27(30)31)33-14-19(28)25(2)22(15-23)11-5-4-6-12-22/h7-10,13H,3-6,11-12,14H2,1-2H3. The molecular weight excluding hydrogens is 430 g/mol. The molecule has 3 rings (SSSR count). The van der Waals surface area contributed by atoms with Crippen LogP contribution in [0.5, 0.6) is 5.75 Å². The number of nitro groups is 1. The van der Waals surface area contributed by atoms with E-state index in [-0.39, 0.29) is 23.7 Å². The number of carbonyl (C=O) groups excluding carboxylic acids is 2. The number of aromatic nitrogens is 2. The Kier molecular flexibility index (Phi) is 7.27. The van der Waals surface area contributed by atoms with Gasteiger partial charge in [-0.05, 0) is 31.9 Å². The average Bonchev–Trinajstić information content (AvgIpc) is 3.27. The van der Waals surface area contributed by atoms with Crippen LogP contribution in [0.4, 0.5) is 5.69 Å². The lowest BCUT2D eigenvalue weighted by Crippen LogP contribution is -2.51. The molecule has 1 fully saturated rings. The van der Waals surface area contributed by atoms with Crippen LogP contribution < -0.4 is 4.74 Å². The van der Waals surface area contributed by atoms with Gasteiger partial charge in [-0.3, -0.25) is 14.9 Å². The van der Waals surface area contributed by atoms with Crippen molar-refractivity contribution in [3.63, 3.8) is 0 Å². The zero-order chi connectivity index (χ0) is 24.0. The van der Waals surface area contributed by atoms with Crippen LogP contribution in [0, 0.1) is 21.4 Å². The molecule has 1 aromatic heterocycles. The summed E-state index contributed by atoms with van der Waals surface area (Å²) in [6.07, 6.45) is 5.41. The minimum Gasteiger partial charge on any atom is -0.480 e. The second-order valence-corrected chi connectivity index (χ2v) is 7.73. The van der Waals surface area contributed by atoms with Gasteiger partial charge in [-0.2, -0.15) is 10.4 Å². The molecule has 11 heteroatoms. The zero-order valence-corrected chi connectivity index (χ0v) is 18.5. The first kappa shape index (κ1) is 23.7. The highest BCUT2D eigenvalue weighted by Crippen LogP contribution is 2.32. The summed E-state index contributed by atoms with van der Waals surface area (Å²) in [6.45, 7) is 1.38. The molecular formula is C22H25N5O6. The Balaban J connectivity index is 1.81. The van der Waals surface area contributed by atoms with Gasteiger partial charge >= 0.3 is 5.97 Å². The molecule has 1 aliphatic carbocycles. The molecule has 174 valence electrons. The van der Waals surface area contributed by atoms with E-state index < -0.39 is 28.9 Å². The summed E-state index contributed by atoms with van der Waals surface area (Å²) < 4.78 is 12.0. The Morgan fingerprint density at radius 3 is 2.52 bits per heavy atom. The van der Waals surface area contributed by atoms with Crippen LogP contribution >= 0.6 is 0 Å². The fourth-order valence-corrected chi connectivity index (χ4v) is 3.80. The average molecular weight is 455 g/mol. The van der Waals surface area contributed by atoms with Gasteiger partial charge < -0.3 is 14.4 Å². The summed E-state index contributed by atoms with van der Waals surface area (Å²) in [5.41, 5.74) is -0.616. The molecule has 0 radical (unpaired) electrons. The van der Waals surface area contributed by atoms with Gasteiger partial charge in [0.15, 0.2) is 12.4 Å². The van der Waals surface area contributed by atoms with E-state index in [0.717, 1.165) is 19.3 Å². The largest absolute Gasteiger partial charge is 0.480 e. The number of ether oxygens (including phenoxy) is 2. The number of nitriles is 1. The van der Waals surface area contributed by atoms with E-state index >= 15 is 0 Å². The third-order valence-corrected chi connectivity index (χ3v) is 5.73. The molecule has 0 bridgehead atoms. The lowest BCUT2D eigenvalue weighted by atomic mass is 9.81. The van der Waals surface area contributed by atoms with Gasteiger partial charge in [0.25, 0.3) is 11.6 Å². The molecule has 1 amide bonds. The lowest BCUT2D eigenvalue weighted by Gasteiger charge is -2.38. The van der Waals surface area contributed by atoms with Crippen LogP contribution in [-0.2, 0) is 9.53 Å². The van der Waals surface area contributed by atoms with E-state index in [1.165, 1.54) is 40.0 Å². The summed E-state index contributed by atoms with van der Waals surface area (Å²) in [6, 6.07) is 7.86. The Bertz CT molecular complexity index is 1070. The van der Waals surface area contributed by atoms with Crippen LogP contribution in [0.1, 0.15) is 49.5 Å². The first-order chi connectivity index (χ1) is 15.8. The van der Waals surface area contributed by atoms with Crippen LogP contribution in [-0.4, -0.2) is 57.3 Å². The third-order valence-electron chi connectivity index (χ3n) is 5.73. The van der Waals surface area contributed by atoms with Gasteiger partial charge in [0.2, 0.25) is 5.69 Å². The van der Waals surface area contributed by atoms with E-state index in [4.69, 9.17) is 9.47 Å². The maximum absolute atomic E-state index is 12.8. The van der Waals surface area contributed by atoms with E-state index in [9.17, 15) is 25.0 Å². The molecule has 1 aromatic carbocycles. The predicted octanol–water partition coefficient (Wildman–Crippen LogP) is 3.02. The van der Waals surface area contributed by atoms with E-state index in [2.05, 4.69) is 11.2 Å². The predicted molar refractivity (Wildman–Crippen MR) is 116 cm³/mol. The molecule has 1 heterocycles. The fraction of sp³-hybridized carbons (Fsp3) is 0.455. The van der Waals surface area contributed by atoms with Crippen molar-refractivity contribution < 1.29 is 24.0 Å². The minimum atomic E-state index is -0.856. The number of rotatable bonds is 8. The molecule has 0 aliphatic heterocycles. The molecule has 1 saturated carbocycles. The van der Waals surface area contributed by atoms with Gasteiger partial charge in [0, 0.05) is 19.2 Å². The van der Waals surface area contributed by atoms with Crippen LogP contribution in [0.2, 0.25) is 0 Å². The quantitative estimate of drug-likeness (QED) is 0.336. The minimum absolute atomic E-state index is 0.0307. The highest BCUT2D eigenvalue weighted by molar-refractivity contribution is 5.90. The Morgan fingerprint density at radius 1 is 1.27 bits per heavy atom. The summed E-state index contributed by atoms with van der Waals surface area (Å²) in [7, 11) is 1.59. The summed E-state index contributed by atoms with van der Waals surface area (Å²) in [5, 5.41) is 24.8.